The molecule has 0 unspecified atom stereocenters. The van der Waals surface area contributed by atoms with Crippen LogP contribution in [0.3, 0.4) is 0 Å². The van der Waals surface area contributed by atoms with Crippen molar-refractivity contribution in [2.45, 2.75) is 19.9 Å². The lowest BCUT2D eigenvalue weighted by atomic mass is 10.0. The highest BCUT2D eigenvalue weighted by atomic mass is 35.5. The third-order valence-electron chi connectivity index (χ3n) is 2.28. The Morgan fingerprint density at radius 3 is 2.13 bits per heavy atom. The summed E-state index contributed by atoms with van der Waals surface area (Å²) in [6.45, 7) is 3.33. The second-order valence-electron chi connectivity index (χ2n) is 3.45. The van der Waals surface area contributed by atoms with E-state index in [1.165, 1.54) is 0 Å². The van der Waals surface area contributed by atoms with Gasteiger partial charge in [-0.2, -0.15) is 0 Å². The van der Waals surface area contributed by atoms with E-state index in [0.29, 0.717) is 0 Å². The Bertz CT molecular complexity index is 307. The van der Waals surface area contributed by atoms with E-state index in [-0.39, 0.29) is 12.4 Å². The molecule has 0 saturated carbocycles. The van der Waals surface area contributed by atoms with Crippen molar-refractivity contribution >= 4 is 12.4 Å². The van der Waals surface area contributed by atoms with Crippen molar-refractivity contribution in [1.82, 2.24) is 0 Å². The van der Waals surface area contributed by atoms with Crippen LogP contribution in [0.5, 0.6) is 5.75 Å². The summed E-state index contributed by atoms with van der Waals surface area (Å²) in [7, 11) is 1.63. The first-order valence-corrected chi connectivity index (χ1v) is 4.56. The van der Waals surface area contributed by atoms with Gasteiger partial charge in [-0.3, -0.25) is 0 Å². The molecule has 0 aromatic heterocycles. The van der Waals surface area contributed by atoms with Crippen LogP contribution in [-0.4, -0.2) is 13.8 Å². The van der Waals surface area contributed by atoms with E-state index in [4.69, 9.17) is 10.5 Å². The maximum atomic E-state index is 12.4. The highest BCUT2D eigenvalue weighted by molar-refractivity contribution is 5.85. The van der Waals surface area contributed by atoms with Gasteiger partial charge in [-0.1, -0.05) is 12.1 Å². The van der Waals surface area contributed by atoms with Crippen LogP contribution in [0.2, 0.25) is 0 Å². The van der Waals surface area contributed by atoms with Crippen LogP contribution in [0, 0.1) is 13.8 Å². The minimum Gasteiger partial charge on any atom is -0.496 e. The summed E-state index contributed by atoms with van der Waals surface area (Å²) in [5, 5.41) is 0. The number of aryl methyl sites for hydroxylation is 2. The maximum Gasteiger partial charge on any atom is 0.124 e. The van der Waals surface area contributed by atoms with Gasteiger partial charge in [0.05, 0.1) is 13.2 Å². The van der Waals surface area contributed by atoms with E-state index in [0.717, 1.165) is 22.4 Å². The molecule has 0 fully saturated rings. The number of nitrogens with two attached hydrogens (primary N) is 1. The molecule has 1 aromatic carbocycles. The lowest BCUT2D eigenvalue weighted by Crippen LogP contribution is -2.12. The molecule has 2 N–H and O–H groups in total. The van der Waals surface area contributed by atoms with Gasteiger partial charge in [-0.25, -0.2) is 4.39 Å². The summed E-state index contributed by atoms with van der Waals surface area (Å²) in [5.74, 6) is 0.847. The van der Waals surface area contributed by atoms with Crippen LogP contribution < -0.4 is 10.5 Å². The van der Waals surface area contributed by atoms with Gasteiger partial charge in [0, 0.05) is 0 Å². The van der Waals surface area contributed by atoms with Gasteiger partial charge in [-0.15, -0.1) is 12.4 Å². The zero-order valence-corrected chi connectivity index (χ0v) is 10.0. The molecule has 4 heteroatoms. The lowest BCUT2D eigenvalue weighted by molar-refractivity contribution is 0.407. The molecule has 2 nitrogen and oxygen atoms in total. The van der Waals surface area contributed by atoms with Gasteiger partial charge in [-0.05, 0) is 30.5 Å². The molecule has 1 aromatic rings. The molecule has 0 aliphatic heterocycles. The highest BCUT2D eigenvalue weighted by Crippen LogP contribution is 2.26. The lowest BCUT2D eigenvalue weighted by Gasteiger charge is -2.13. The molecule has 0 heterocycles. The number of alkyl halides is 1. The van der Waals surface area contributed by atoms with Crippen molar-refractivity contribution < 1.29 is 9.13 Å². The summed E-state index contributed by atoms with van der Waals surface area (Å²) in [4.78, 5) is 0. The third kappa shape index (κ3) is 3.08. The minimum absolute atomic E-state index is 0. The van der Waals surface area contributed by atoms with Gasteiger partial charge in [0.2, 0.25) is 0 Å². The summed E-state index contributed by atoms with van der Waals surface area (Å²) in [6.07, 6.45) is 0. The van der Waals surface area contributed by atoms with Gasteiger partial charge < -0.3 is 10.5 Å². The first-order valence-electron chi connectivity index (χ1n) is 4.56. The second-order valence-corrected chi connectivity index (χ2v) is 3.45. The minimum atomic E-state index is -0.536. The Balaban J connectivity index is 0.00000196. The van der Waals surface area contributed by atoms with Crippen LogP contribution in [0.25, 0.3) is 0 Å². The van der Waals surface area contributed by atoms with E-state index in [1.807, 2.05) is 26.0 Å². The SMILES string of the molecule is COc1c(C)cc([C@H](N)CF)cc1C.Cl. The van der Waals surface area contributed by atoms with Crippen LogP contribution in [-0.2, 0) is 0 Å². The Kier molecular flexibility index (Phi) is 5.61. The first kappa shape index (κ1) is 14.2. The van der Waals surface area contributed by atoms with Crippen molar-refractivity contribution in [3.8, 4) is 5.75 Å². The third-order valence-corrected chi connectivity index (χ3v) is 2.28. The summed E-state index contributed by atoms with van der Waals surface area (Å²) in [6, 6.07) is 3.21. The largest absolute Gasteiger partial charge is 0.496 e. The van der Waals surface area contributed by atoms with Crippen LogP contribution in [0.1, 0.15) is 22.7 Å². The van der Waals surface area contributed by atoms with Crippen molar-refractivity contribution in [2.24, 2.45) is 5.73 Å². The van der Waals surface area contributed by atoms with Gasteiger partial charge in [0.15, 0.2) is 0 Å². The maximum absolute atomic E-state index is 12.4. The van der Waals surface area contributed by atoms with Crippen molar-refractivity contribution in [2.75, 3.05) is 13.8 Å². The predicted octanol–water partition coefficient (Wildman–Crippen LogP) is 2.70. The van der Waals surface area contributed by atoms with Crippen LogP contribution in [0.4, 0.5) is 4.39 Å². The number of methoxy groups -OCH3 is 1. The molecule has 86 valence electrons. The van der Waals surface area contributed by atoms with Crippen molar-refractivity contribution in [1.29, 1.82) is 0 Å². The van der Waals surface area contributed by atoms with Gasteiger partial charge >= 0.3 is 0 Å². The standard InChI is InChI=1S/C11H16FNO.ClH/c1-7-4-9(10(13)6-12)5-8(2)11(7)14-3;/h4-5,10H,6,13H2,1-3H3;1H/t10-;/m1./s1. The number of hydrogen-bond donors (Lipinski definition) is 1. The molecule has 0 bridgehead atoms. The molecule has 0 radical (unpaired) electrons. The fraction of sp³-hybridized carbons (Fsp3) is 0.455. The Labute approximate surface area is 96.0 Å². The zero-order chi connectivity index (χ0) is 10.7. The van der Waals surface area contributed by atoms with Gasteiger partial charge in [0.1, 0.15) is 12.4 Å². The van der Waals surface area contributed by atoms with Crippen molar-refractivity contribution in [3.05, 3.63) is 28.8 Å². The average Bonchev–Trinajstić information content (AvgIpc) is 2.16. The van der Waals surface area contributed by atoms with E-state index in [2.05, 4.69) is 0 Å². The van der Waals surface area contributed by atoms with Crippen LogP contribution >= 0.6 is 12.4 Å². The quantitative estimate of drug-likeness (QED) is 0.871. The Morgan fingerprint density at radius 1 is 1.33 bits per heavy atom. The van der Waals surface area contributed by atoms with E-state index in [1.54, 1.807) is 7.11 Å². The highest BCUT2D eigenvalue weighted by Gasteiger charge is 2.10. The molecule has 0 saturated heterocycles. The molecule has 0 aliphatic carbocycles. The number of hydrogen-bond acceptors (Lipinski definition) is 2. The molecule has 0 spiro atoms. The fourth-order valence-corrected chi connectivity index (χ4v) is 1.61. The number of ether oxygens (including phenoxy) is 1. The van der Waals surface area contributed by atoms with E-state index < -0.39 is 12.7 Å². The zero-order valence-electron chi connectivity index (χ0n) is 9.21. The topological polar surface area (TPSA) is 35.2 Å². The smallest absolute Gasteiger partial charge is 0.124 e. The first-order chi connectivity index (χ1) is 6.60. The molecule has 15 heavy (non-hydrogen) atoms. The van der Waals surface area contributed by atoms with Crippen LogP contribution in [0.15, 0.2) is 12.1 Å². The summed E-state index contributed by atoms with van der Waals surface area (Å²) in [5.41, 5.74) is 8.41. The average molecular weight is 234 g/mol. The molecule has 0 aliphatic rings. The number of benzene rings is 1. The van der Waals surface area contributed by atoms with E-state index in [9.17, 15) is 4.39 Å². The Morgan fingerprint density at radius 2 is 1.80 bits per heavy atom. The Hall–Kier alpha value is -0.800. The molecule has 0 amide bonds. The molecule has 1 atom stereocenters. The molecule has 1 rings (SSSR count). The number of halogens is 2. The predicted molar refractivity (Wildman–Crippen MR) is 62.6 cm³/mol. The normalized spacial score (nSPS) is 11.8. The summed E-state index contributed by atoms with van der Waals surface area (Å²) >= 11 is 0. The van der Waals surface area contributed by atoms with E-state index >= 15 is 0 Å². The second kappa shape index (κ2) is 5.93. The number of rotatable bonds is 3. The van der Waals surface area contributed by atoms with Crippen molar-refractivity contribution in [3.63, 3.8) is 0 Å². The molecular weight excluding hydrogens is 217 g/mol. The fourth-order valence-electron chi connectivity index (χ4n) is 1.61. The molecular formula is C11H17ClFNO. The summed E-state index contributed by atoms with van der Waals surface area (Å²) < 4.78 is 17.6. The van der Waals surface area contributed by atoms with Gasteiger partial charge in [0.25, 0.3) is 0 Å². The monoisotopic (exact) mass is 233 g/mol.